The number of fused-ring (bicyclic) bond motifs is 1. The summed E-state index contributed by atoms with van der Waals surface area (Å²) in [6.07, 6.45) is 1.05. The second kappa shape index (κ2) is 11.4. The topological polar surface area (TPSA) is 132 Å². The SMILES string of the molecule is Cc1cc2cc(C(=O)c3cnn(-c4c(C)cc(Oc5cccc(F)c5F)cc4F)c3N)[nH]c2cc1NS(=O)(=O)CCCF. The van der Waals surface area contributed by atoms with Gasteiger partial charge >= 0.3 is 0 Å². The molecule has 0 spiro atoms. The molecule has 0 radical (unpaired) electrons. The molecule has 0 saturated heterocycles. The molecule has 0 bridgehead atoms. The van der Waals surface area contributed by atoms with E-state index in [2.05, 4.69) is 14.8 Å². The molecule has 43 heavy (non-hydrogen) atoms. The first kappa shape index (κ1) is 29.6. The average Bonchev–Trinajstić information content (AvgIpc) is 3.52. The molecule has 0 unspecified atom stereocenters. The predicted molar refractivity (Wildman–Crippen MR) is 154 cm³/mol. The van der Waals surface area contributed by atoms with E-state index in [-0.39, 0.29) is 51.9 Å². The fourth-order valence-corrected chi connectivity index (χ4v) is 5.71. The van der Waals surface area contributed by atoms with Crippen LogP contribution in [0.15, 0.2) is 54.7 Å². The van der Waals surface area contributed by atoms with E-state index >= 15 is 4.39 Å². The molecule has 9 nitrogen and oxygen atoms in total. The molecule has 0 fully saturated rings. The van der Waals surface area contributed by atoms with Gasteiger partial charge in [-0.05, 0) is 67.8 Å². The van der Waals surface area contributed by atoms with Crippen LogP contribution in [0, 0.1) is 31.3 Å². The third-order valence-corrected chi connectivity index (χ3v) is 8.01. The van der Waals surface area contributed by atoms with Crippen LogP contribution in [0.4, 0.5) is 29.1 Å². The number of alkyl halides is 1. The second-order valence-corrected chi connectivity index (χ2v) is 11.7. The number of nitrogens with two attached hydrogens (primary N) is 1. The van der Waals surface area contributed by atoms with Crippen molar-refractivity contribution in [2.75, 3.05) is 22.9 Å². The van der Waals surface area contributed by atoms with Gasteiger partial charge in [0, 0.05) is 17.0 Å². The van der Waals surface area contributed by atoms with Gasteiger partial charge in [-0.15, -0.1) is 0 Å². The number of nitrogens with zero attached hydrogens (tertiary/aromatic N) is 2. The highest BCUT2D eigenvalue weighted by Gasteiger charge is 2.23. The van der Waals surface area contributed by atoms with E-state index in [1.54, 1.807) is 19.1 Å². The summed E-state index contributed by atoms with van der Waals surface area (Å²) in [6, 6.07) is 10.5. The number of aromatic nitrogens is 3. The summed E-state index contributed by atoms with van der Waals surface area (Å²) < 4.78 is 88.6. The van der Waals surface area contributed by atoms with E-state index in [0.717, 1.165) is 16.8 Å². The summed E-state index contributed by atoms with van der Waals surface area (Å²) in [6.45, 7) is 2.45. The summed E-state index contributed by atoms with van der Waals surface area (Å²) in [5.41, 5.74) is 7.84. The summed E-state index contributed by atoms with van der Waals surface area (Å²) in [7, 11) is -3.77. The minimum atomic E-state index is -3.77. The van der Waals surface area contributed by atoms with Crippen LogP contribution in [0.25, 0.3) is 16.6 Å². The Morgan fingerprint density at radius 3 is 2.56 bits per heavy atom. The minimum Gasteiger partial charge on any atom is -0.454 e. The molecule has 0 atom stereocenters. The Kier molecular flexibility index (Phi) is 7.88. The lowest BCUT2D eigenvalue weighted by molar-refractivity contribution is 0.103. The second-order valence-electron chi connectivity index (χ2n) is 9.81. The zero-order valence-electron chi connectivity index (χ0n) is 22.8. The van der Waals surface area contributed by atoms with E-state index in [1.165, 1.54) is 37.4 Å². The number of benzene rings is 3. The van der Waals surface area contributed by atoms with Crippen molar-refractivity contribution in [3.05, 3.63) is 94.6 Å². The smallest absolute Gasteiger partial charge is 0.232 e. The van der Waals surface area contributed by atoms with Crippen molar-refractivity contribution < 1.29 is 35.5 Å². The predicted octanol–water partition coefficient (Wildman–Crippen LogP) is 6.09. The number of halogens is 4. The van der Waals surface area contributed by atoms with E-state index in [4.69, 9.17) is 10.5 Å². The summed E-state index contributed by atoms with van der Waals surface area (Å²) in [5, 5.41) is 4.72. The molecule has 0 aliphatic heterocycles. The number of aryl methyl sites for hydroxylation is 2. The number of nitrogen functional groups attached to an aromatic ring is 1. The number of carbonyl (C=O) groups excluding carboxylic acids is 1. The van der Waals surface area contributed by atoms with Crippen LogP contribution in [-0.2, 0) is 10.0 Å². The van der Waals surface area contributed by atoms with Crippen LogP contribution in [0.2, 0.25) is 0 Å². The fraction of sp³-hybridized carbons (Fsp3) is 0.172. The number of ketones is 1. The fourth-order valence-electron chi connectivity index (χ4n) is 4.57. The number of hydrogen-bond donors (Lipinski definition) is 3. The van der Waals surface area contributed by atoms with Gasteiger partial charge in [0.25, 0.3) is 0 Å². The van der Waals surface area contributed by atoms with Gasteiger partial charge in [-0.1, -0.05) is 6.07 Å². The van der Waals surface area contributed by atoms with Crippen molar-refractivity contribution in [1.29, 1.82) is 0 Å². The molecule has 0 saturated carbocycles. The Labute approximate surface area is 243 Å². The first-order valence-corrected chi connectivity index (χ1v) is 14.5. The number of rotatable bonds is 10. The van der Waals surface area contributed by atoms with Gasteiger partial charge in [0.2, 0.25) is 21.6 Å². The van der Waals surface area contributed by atoms with Gasteiger partial charge < -0.3 is 15.5 Å². The first-order valence-electron chi connectivity index (χ1n) is 12.9. The number of nitrogens with one attached hydrogen (secondary N) is 2. The quantitative estimate of drug-likeness (QED) is 0.129. The van der Waals surface area contributed by atoms with Crippen LogP contribution >= 0.6 is 0 Å². The number of H-pyrrole nitrogens is 1. The van der Waals surface area contributed by atoms with Gasteiger partial charge in [0.05, 0.1) is 35.6 Å². The third-order valence-electron chi connectivity index (χ3n) is 6.66. The van der Waals surface area contributed by atoms with Crippen LogP contribution in [0.5, 0.6) is 11.5 Å². The molecular weight excluding hydrogens is 590 g/mol. The normalized spacial score (nSPS) is 11.7. The Morgan fingerprint density at radius 2 is 1.84 bits per heavy atom. The van der Waals surface area contributed by atoms with Crippen LogP contribution in [-0.4, -0.2) is 41.4 Å². The van der Waals surface area contributed by atoms with Crippen LogP contribution in [0.1, 0.15) is 33.6 Å². The van der Waals surface area contributed by atoms with Crippen molar-refractivity contribution >= 4 is 38.2 Å². The van der Waals surface area contributed by atoms with Crippen molar-refractivity contribution in [2.24, 2.45) is 0 Å². The number of hydrogen-bond acceptors (Lipinski definition) is 6. The van der Waals surface area contributed by atoms with Gasteiger partial charge in [-0.2, -0.15) is 9.49 Å². The lowest BCUT2D eigenvalue weighted by Gasteiger charge is -2.13. The maximum absolute atomic E-state index is 15.3. The number of aromatic amines is 1. The Hall–Kier alpha value is -4.85. The van der Waals surface area contributed by atoms with E-state index in [1.807, 2.05) is 0 Å². The molecule has 3 aromatic carbocycles. The minimum absolute atomic E-state index is 0.0311. The number of anilines is 2. The number of sulfonamides is 1. The van der Waals surface area contributed by atoms with Gasteiger partial charge in [0.15, 0.2) is 17.4 Å². The van der Waals surface area contributed by atoms with Crippen molar-refractivity contribution in [3.63, 3.8) is 0 Å². The summed E-state index contributed by atoms with van der Waals surface area (Å²) >= 11 is 0. The maximum atomic E-state index is 15.3. The van der Waals surface area contributed by atoms with Gasteiger partial charge in [-0.25, -0.2) is 21.9 Å². The molecule has 0 aliphatic rings. The maximum Gasteiger partial charge on any atom is 0.232 e. The largest absolute Gasteiger partial charge is 0.454 e. The molecule has 224 valence electrons. The highest BCUT2D eigenvalue weighted by Crippen LogP contribution is 2.32. The number of carbonyl (C=O) groups is 1. The Morgan fingerprint density at radius 1 is 1.07 bits per heavy atom. The van der Waals surface area contributed by atoms with Crippen molar-refractivity contribution in [2.45, 2.75) is 20.3 Å². The highest BCUT2D eigenvalue weighted by molar-refractivity contribution is 7.92. The number of ether oxygens (including phenoxy) is 1. The zero-order valence-corrected chi connectivity index (χ0v) is 23.7. The van der Waals surface area contributed by atoms with Crippen LogP contribution < -0.4 is 15.2 Å². The first-order chi connectivity index (χ1) is 20.4. The lowest BCUT2D eigenvalue weighted by Crippen LogP contribution is -2.17. The highest BCUT2D eigenvalue weighted by atomic mass is 32.2. The third kappa shape index (κ3) is 5.91. The molecule has 4 N–H and O–H groups in total. The molecule has 2 aromatic heterocycles. The molecule has 0 aliphatic carbocycles. The monoisotopic (exact) mass is 615 g/mol. The molecule has 2 heterocycles. The molecular formula is C29H25F4N5O4S. The molecule has 14 heteroatoms. The van der Waals surface area contributed by atoms with Crippen molar-refractivity contribution in [1.82, 2.24) is 14.8 Å². The zero-order chi connectivity index (χ0) is 31.1. The van der Waals surface area contributed by atoms with Crippen molar-refractivity contribution in [3.8, 4) is 17.2 Å². The molecule has 5 aromatic rings. The summed E-state index contributed by atoms with van der Waals surface area (Å²) in [4.78, 5) is 16.3. The Balaban J connectivity index is 1.42. The molecule has 5 rings (SSSR count). The molecule has 0 amide bonds. The standard InChI is InChI=1S/C29H25F4N5O4S/c1-15-9-17-11-24(36-23(17)13-22(15)37-43(40,41)8-4-7-30)28(39)19-14-35-38(29(19)34)27-16(2)10-18(12-21(27)32)42-25-6-3-5-20(31)26(25)33/h3,5-6,9-14,36-37H,4,7-8,34H2,1-2H3. The van der Waals surface area contributed by atoms with E-state index in [9.17, 15) is 26.4 Å². The van der Waals surface area contributed by atoms with E-state index < -0.39 is 45.7 Å². The van der Waals surface area contributed by atoms with Gasteiger partial charge in [-0.3, -0.25) is 13.9 Å². The lowest BCUT2D eigenvalue weighted by atomic mass is 10.1. The van der Waals surface area contributed by atoms with E-state index in [0.29, 0.717) is 16.5 Å². The van der Waals surface area contributed by atoms with Crippen LogP contribution in [0.3, 0.4) is 0 Å². The average molecular weight is 616 g/mol. The van der Waals surface area contributed by atoms with Gasteiger partial charge in [0.1, 0.15) is 17.3 Å². The summed E-state index contributed by atoms with van der Waals surface area (Å²) in [5.74, 6) is -4.79. The Bertz CT molecular complexity index is 1970.